The molecule has 0 radical (unpaired) electrons. The van der Waals surface area contributed by atoms with Crippen LogP contribution in [0.1, 0.15) is 24.0 Å². The Hall–Kier alpha value is -2.89. The highest BCUT2D eigenvalue weighted by atomic mass is 16.3. The largest absolute Gasteiger partial charge is 0.454 e. The first kappa shape index (κ1) is 19.8. The second kappa shape index (κ2) is 7.91. The minimum Gasteiger partial charge on any atom is -0.454 e. The summed E-state index contributed by atoms with van der Waals surface area (Å²) in [6.45, 7) is 6.49. The van der Waals surface area contributed by atoms with Gasteiger partial charge in [0, 0.05) is 36.8 Å². The molecule has 2 saturated heterocycles. The third-order valence-electron chi connectivity index (χ3n) is 7.22. The zero-order valence-electron chi connectivity index (χ0n) is 18.7. The van der Waals surface area contributed by atoms with Gasteiger partial charge >= 0.3 is 0 Å². The number of aromatic nitrogens is 2. The summed E-state index contributed by atoms with van der Waals surface area (Å²) in [5, 5.41) is 6.13. The molecule has 4 aromatic rings. The number of hydrogen-bond acceptors (Lipinski definition) is 4. The fourth-order valence-corrected chi connectivity index (χ4v) is 5.63. The van der Waals surface area contributed by atoms with Crippen molar-refractivity contribution in [1.82, 2.24) is 19.6 Å². The van der Waals surface area contributed by atoms with E-state index < -0.39 is 0 Å². The number of nitrogens with zero attached hydrogens (tertiary/aromatic N) is 4. The minimum atomic E-state index is 0.480. The first-order chi connectivity index (χ1) is 15.7. The van der Waals surface area contributed by atoms with Crippen molar-refractivity contribution in [1.29, 1.82) is 0 Å². The lowest BCUT2D eigenvalue weighted by molar-refractivity contribution is 0.250. The van der Waals surface area contributed by atoms with E-state index in [1.165, 1.54) is 43.6 Å². The van der Waals surface area contributed by atoms with Crippen molar-refractivity contribution in [3.63, 3.8) is 0 Å². The maximum Gasteiger partial charge on any atom is 0.156 e. The van der Waals surface area contributed by atoms with E-state index in [1.807, 2.05) is 12.1 Å². The number of para-hydroxylation sites is 1. The van der Waals surface area contributed by atoms with Crippen LogP contribution in [0.5, 0.6) is 0 Å². The highest BCUT2D eigenvalue weighted by Crippen LogP contribution is 2.40. The lowest BCUT2D eigenvalue weighted by atomic mass is 9.86. The molecule has 0 unspecified atom stereocenters. The van der Waals surface area contributed by atoms with Gasteiger partial charge in [0.05, 0.1) is 6.54 Å². The first-order valence-electron chi connectivity index (χ1n) is 11.7. The van der Waals surface area contributed by atoms with Gasteiger partial charge in [-0.15, -0.1) is 0 Å². The summed E-state index contributed by atoms with van der Waals surface area (Å²) in [4.78, 5) is 5.11. The second-order valence-electron chi connectivity index (χ2n) is 9.78. The number of likely N-dealkylation sites (tertiary alicyclic amines) is 2. The van der Waals surface area contributed by atoms with Crippen LogP contribution in [0.25, 0.3) is 22.4 Å². The van der Waals surface area contributed by atoms with Gasteiger partial charge in [0.2, 0.25) is 0 Å². The molecular formula is C27H30N4O. The number of fused-ring (bicyclic) bond motifs is 1. The van der Waals surface area contributed by atoms with Crippen LogP contribution in [0.15, 0.2) is 71.3 Å². The Morgan fingerprint density at radius 3 is 2.56 bits per heavy atom. The average Bonchev–Trinajstić information content (AvgIpc) is 3.56. The molecule has 2 fully saturated rings. The van der Waals surface area contributed by atoms with E-state index in [2.05, 4.69) is 76.3 Å². The Bertz CT molecular complexity index is 1190. The van der Waals surface area contributed by atoms with E-state index in [-0.39, 0.29) is 0 Å². The summed E-state index contributed by atoms with van der Waals surface area (Å²) in [5.41, 5.74) is 4.88. The van der Waals surface area contributed by atoms with Gasteiger partial charge in [0.1, 0.15) is 11.3 Å². The smallest absolute Gasteiger partial charge is 0.156 e. The molecule has 5 nitrogen and oxygen atoms in total. The summed E-state index contributed by atoms with van der Waals surface area (Å²) in [5.74, 6) is 0.863. The van der Waals surface area contributed by atoms with Gasteiger partial charge in [-0.2, -0.15) is 5.10 Å². The normalized spacial score (nSPS) is 21.9. The average molecular weight is 427 g/mol. The van der Waals surface area contributed by atoms with Crippen molar-refractivity contribution in [2.75, 3.05) is 33.2 Å². The first-order valence-corrected chi connectivity index (χ1v) is 11.7. The maximum absolute atomic E-state index is 6.23. The lowest BCUT2D eigenvalue weighted by Crippen LogP contribution is -2.29. The predicted molar refractivity (Wildman–Crippen MR) is 127 cm³/mol. The van der Waals surface area contributed by atoms with Gasteiger partial charge in [0.25, 0.3) is 0 Å². The molecule has 4 heterocycles. The van der Waals surface area contributed by atoms with Gasteiger partial charge in [-0.05, 0) is 56.1 Å². The summed E-state index contributed by atoms with van der Waals surface area (Å²) in [6, 6.07) is 20.9. The molecule has 2 aromatic carbocycles. The molecule has 0 saturated carbocycles. The molecule has 6 rings (SSSR count). The van der Waals surface area contributed by atoms with Crippen LogP contribution in [-0.4, -0.2) is 52.8 Å². The predicted octanol–water partition coefficient (Wildman–Crippen LogP) is 4.87. The molecule has 2 aliphatic heterocycles. The molecule has 0 amide bonds. The standard InChI is InChI=1S/C27H30N4O/c1-29-13-11-27(19-29)12-14-30(20-27)17-23-18-31(16-21-7-3-2-4-8-21)28-26(23)25-15-22-9-5-6-10-24(22)32-25/h2-10,15,18H,11-14,16-17,19-20H2,1H3/t27-/m1/s1. The zero-order valence-corrected chi connectivity index (χ0v) is 18.7. The van der Waals surface area contributed by atoms with Crippen molar-refractivity contribution < 1.29 is 4.42 Å². The molecule has 2 aromatic heterocycles. The van der Waals surface area contributed by atoms with E-state index >= 15 is 0 Å². The van der Waals surface area contributed by atoms with Crippen LogP contribution in [-0.2, 0) is 13.1 Å². The highest BCUT2D eigenvalue weighted by molar-refractivity contribution is 5.82. The molecule has 0 bridgehead atoms. The SMILES string of the molecule is CN1CC[C@@]2(CCN(Cc3cn(Cc4ccccc4)nc3-c3cc4ccccc4o3)C2)C1. The van der Waals surface area contributed by atoms with Crippen molar-refractivity contribution in [3.8, 4) is 11.5 Å². The topological polar surface area (TPSA) is 37.4 Å². The van der Waals surface area contributed by atoms with Crippen LogP contribution >= 0.6 is 0 Å². The Kier molecular flexibility index (Phi) is 4.89. The van der Waals surface area contributed by atoms with Crippen LogP contribution in [0, 0.1) is 5.41 Å². The van der Waals surface area contributed by atoms with Gasteiger partial charge < -0.3 is 9.32 Å². The van der Waals surface area contributed by atoms with Gasteiger partial charge in [0.15, 0.2) is 5.76 Å². The van der Waals surface area contributed by atoms with Gasteiger partial charge in [-0.3, -0.25) is 9.58 Å². The fraction of sp³-hybridized carbons (Fsp3) is 0.370. The molecule has 32 heavy (non-hydrogen) atoms. The van der Waals surface area contributed by atoms with Crippen LogP contribution in [0.4, 0.5) is 0 Å². The molecule has 164 valence electrons. The van der Waals surface area contributed by atoms with Crippen LogP contribution in [0.3, 0.4) is 0 Å². The number of furan rings is 1. The van der Waals surface area contributed by atoms with Gasteiger partial charge in [-0.1, -0.05) is 48.5 Å². The molecule has 0 aliphatic carbocycles. The third kappa shape index (κ3) is 3.76. The summed E-state index contributed by atoms with van der Waals surface area (Å²) in [6.07, 6.45) is 4.85. The summed E-state index contributed by atoms with van der Waals surface area (Å²) in [7, 11) is 2.25. The Balaban J connectivity index is 1.31. The number of hydrogen-bond donors (Lipinski definition) is 0. The second-order valence-corrected chi connectivity index (χ2v) is 9.78. The van der Waals surface area contributed by atoms with E-state index in [1.54, 1.807) is 0 Å². The Labute approximate surface area is 189 Å². The fourth-order valence-electron chi connectivity index (χ4n) is 5.63. The van der Waals surface area contributed by atoms with E-state index in [9.17, 15) is 0 Å². The van der Waals surface area contributed by atoms with Crippen LogP contribution < -0.4 is 0 Å². The van der Waals surface area contributed by atoms with E-state index in [0.717, 1.165) is 42.1 Å². The Morgan fingerprint density at radius 1 is 0.938 bits per heavy atom. The van der Waals surface area contributed by atoms with Crippen molar-refractivity contribution in [3.05, 3.63) is 78.0 Å². The Morgan fingerprint density at radius 2 is 1.75 bits per heavy atom. The van der Waals surface area contributed by atoms with Crippen molar-refractivity contribution in [2.45, 2.75) is 25.9 Å². The molecule has 0 N–H and O–H groups in total. The zero-order chi connectivity index (χ0) is 21.5. The lowest BCUT2D eigenvalue weighted by Gasteiger charge is -2.23. The van der Waals surface area contributed by atoms with E-state index in [4.69, 9.17) is 9.52 Å². The third-order valence-corrected chi connectivity index (χ3v) is 7.22. The van der Waals surface area contributed by atoms with Crippen LogP contribution in [0.2, 0.25) is 0 Å². The quantitative estimate of drug-likeness (QED) is 0.456. The van der Waals surface area contributed by atoms with Crippen molar-refractivity contribution >= 4 is 11.0 Å². The molecule has 1 atom stereocenters. The van der Waals surface area contributed by atoms with Gasteiger partial charge in [-0.25, -0.2) is 0 Å². The molecular weight excluding hydrogens is 396 g/mol. The minimum absolute atomic E-state index is 0.480. The monoisotopic (exact) mass is 426 g/mol. The van der Waals surface area contributed by atoms with Crippen molar-refractivity contribution in [2.24, 2.45) is 5.41 Å². The molecule has 5 heteroatoms. The molecule has 1 spiro atoms. The number of rotatable bonds is 5. The van der Waals surface area contributed by atoms with E-state index in [0.29, 0.717) is 5.41 Å². The maximum atomic E-state index is 6.23. The summed E-state index contributed by atoms with van der Waals surface area (Å²) < 4.78 is 8.30. The highest BCUT2D eigenvalue weighted by Gasteiger charge is 2.42. The summed E-state index contributed by atoms with van der Waals surface area (Å²) >= 11 is 0. The number of benzene rings is 2. The molecule has 2 aliphatic rings.